The van der Waals surface area contributed by atoms with E-state index in [1.165, 1.54) is 36.4 Å². The van der Waals surface area contributed by atoms with E-state index in [1.807, 2.05) is 0 Å². The van der Waals surface area contributed by atoms with Crippen LogP contribution in [-0.2, 0) is 11.0 Å². The maximum atomic E-state index is 13.6. The summed E-state index contributed by atoms with van der Waals surface area (Å²) in [6.07, 6.45) is -4.54. The Kier molecular flexibility index (Phi) is 6.72. The zero-order valence-corrected chi connectivity index (χ0v) is 16.2. The van der Waals surface area contributed by atoms with Gasteiger partial charge < -0.3 is 15.4 Å². The molecule has 0 fully saturated rings. The van der Waals surface area contributed by atoms with Gasteiger partial charge in [0.1, 0.15) is 17.4 Å². The average molecular weight is 450 g/mol. The van der Waals surface area contributed by atoms with Gasteiger partial charge in [0, 0.05) is 17.3 Å². The summed E-state index contributed by atoms with van der Waals surface area (Å²) in [5, 5.41) is 4.54. The molecule has 0 unspecified atom stereocenters. The van der Waals surface area contributed by atoms with E-state index in [1.54, 1.807) is 0 Å². The molecule has 2 amide bonds. The summed E-state index contributed by atoms with van der Waals surface area (Å²) in [5.41, 5.74) is -1.13. The molecule has 0 aliphatic heterocycles. The Morgan fingerprint density at radius 1 is 0.875 bits per heavy atom. The smallest absolute Gasteiger partial charge is 0.416 e. The molecule has 0 aromatic heterocycles. The molecule has 32 heavy (non-hydrogen) atoms. The number of amides is 2. The first-order valence-electron chi connectivity index (χ1n) is 9.08. The molecule has 3 aromatic rings. The van der Waals surface area contributed by atoms with Gasteiger partial charge >= 0.3 is 6.18 Å². The quantitative estimate of drug-likeness (QED) is 0.504. The zero-order valence-electron chi connectivity index (χ0n) is 16.2. The lowest BCUT2D eigenvalue weighted by molar-refractivity contribution is -0.137. The molecule has 0 aliphatic rings. The molecule has 3 rings (SSSR count). The fourth-order valence-corrected chi connectivity index (χ4v) is 2.61. The standard InChI is InChI=1S/C22H15F5N2O3/c23-15-6-9-18(24)19(11-15)29-21(31)13-4-7-17(8-5-13)32-12-20(30)28-16-3-1-2-14(10-16)22(25,26)27/h1-11H,12H2,(H,28,30)(H,29,31). The maximum absolute atomic E-state index is 13.6. The minimum absolute atomic E-state index is 0.0370. The van der Waals surface area contributed by atoms with Crippen LogP contribution in [0.4, 0.5) is 33.3 Å². The number of hydrogen-bond donors (Lipinski definition) is 2. The number of rotatable bonds is 6. The number of carbonyl (C=O) groups excluding carboxylic acids is 2. The average Bonchev–Trinajstić information content (AvgIpc) is 2.75. The topological polar surface area (TPSA) is 67.4 Å². The summed E-state index contributed by atoms with van der Waals surface area (Å²) in [6, 6.07) is 12.2. The predicted molar refractivity (Wildman–Crippen MR) is 106 cm³/mol. The Labute approximate surface area is 178 Å². The summed E-state index contributed by atoms with van der Waals surface area (Å²) in [5.74, 6) is -2.69. The van der Waals surface area contributed by atoms with Crippen LogP contribution < -0.4 is 15.4 Å². The van der Waals surface area contributed by atoms with Crippen molar-refractivity contribution >= 4 is 23.2 Å². The van der Waals surface area contributed by atoms with E-state index in [0.29, 0.717) is 0 Å². The fraction of sp³-hybridized carbons (Fsp3) is 0.0909. The summed E-state index contributed by atoms with van der Waals surface area (Å²) >= 11 is 0. The molecule has 2 N–H and O–H groups in total. The van der Waals surface area contributed by atoms with Gasteiger partial charge in [0.2, 0.25) is 0 Å². The summed E-state index contributed by atoms with van der Waals surface area (Å²) in [6.45, 7) is -0.490. The molecule has 3 aromatic carbocycles. The number of nitrogens with one attached hydrogen (secondary N) is 2. The zero-order chi connectivity index (χ0) is 23.3. The van der Waals surface area contributed by atoms with Crippen molar-refractivity contribution in [2.24, 2.45) is 0 Å². The molecule has 0 spiro atoms. The Morgan fingerprint density at radius 2 is 1.59 bits per heavy atom. The third-order valence-electron chi connectivity index (χ3n) is 4.14. The molecular weight excluding hydrogens is 435 g/mol. The Bertz CT molecular complexity index is 1130. The van der Waals surface area contributed by atoms with Gasteiger partial charge in [-0.1, -0.05) is 6.07 Å². The van der Waals surface area contributed by atoms with Gasteiger partial charge in [0.15, 0.2) is 6.61 Å². The van der Waals surface area contributed by atoms with Crippen molar-refractivity contribution in [3.63, 3.8) is 0 Å². The first kappa shape index (κ1) is 22.7. The third kappa shape index (κ3) is 6.03. The second kappa shape index (κ2) is 9.46. The summed E-state index contributed by atoms with van der Waals surface area (Å²) in [7, 11) is 0. The van der Waals surface area contributed by atoms with E-state index >= 15 is 0 Å². The van der Waals surface area contributed by atoms with Gasteiger partial charge in [0.25, 0.3) is 11.8 Å². The van der Waals surface area contributed by atoms with Crippen molar-refractivity contribution < 1.29 is 36.3 Å². The Morgan fingerprint density at radius 3 is 2.28 bits per heavy atom. The van der Waals surface area contributed by atoms with E-state index < -0.39 is 41.8 Å². The number of alkyl halides is 3. The third-order valence-corrected chi connectivity index (χ3v) is 4.14. The molecular formula is C22H15F5N2O3. The number of ether oxygens (including phenoxy) is 1. The highest BCUT2D eigenvalue weighted by molar-refractivity contribution is 6.04. The molecule has 0 bridgehead atoms. The first-order valence-corrected chi connectivity index (χ1v) is 9.08. The molecule has 0 radical (unpaired) electrons. The lowest BCUT2D eigenvalue weighted by atomic mass is 10.2. The highest BCUT2D eigenvalue weighted by atomic mass is 19.4. The number of hydrogen-bond acceptors (Lipinski definition) is 3. The van der Waals surface area contributed by atoms with E-state index in [0.717, 1.165) is 30.3 Å². The van der Waals surface area contributed by atoms with Crippen LogP contribution in [0, 0.1) is 11.6 Å². The van der Waals surface area contributed by atoms with Crippen LogP contribution in [0.2, 0.25) is 0 Å². The van der Waals surface area contributed by atoms with Gasteiger partial charge in [-0.3, -0.25) is 9.59 Å². The van der Waals surface area contributed by atoms with E-state index in [4.69, 9.17) is 4.74 Å². The minimum atomic E-state index is -4.54. The molecule has 0 saturated heterocycles. The SMILES string of the molecule is O=C(COc1ccc(C(=O)Nc2cc(F)ccc2F)cc1)Nc1cccc(C(F)(F)F)c1. The second-order valence-corrected chi connectivity index (χ2v) is 6.52. The van der Waals surface area contributed by atoms with Gasteiger partial charge in [0.05, 0.1) is 11.3 Å². The number of benzene rings is 3. The van der Waals surface area contributed by atoms with Crippen LogP contribution in [0.15, 0.2) is 66.7 Å². The van der Waals surface area contributed by atoms with Gasteiger partial charge in [-0.15, -0.1) is 0 Å². The fourth-order valence-electron chi connectivity index (χ4n) is 2.61. The largest absolute Gasteiger partial charge is 0.484 e. The van der Waals surface area contributed by atoms with Crippen LogP contribution in [0.5, 0.6) is 5.75 Å². The van der Waals surface area contributed by atoms with E-state index in [9.17, 15) is 31.5 Å². The molecule has 10 heteroatoms. The van der Waals surface area contributed by atoms with Crippen molar-refractivity contribution in [2.45, 2.75) is 6.18 Å². The van der Waals surface area contributed by atoms with E-state index in [2.05, 4.69) is 10.6 Å². The second-order valence-electron chi connectivity index (χ2n) is 6.52. The normalized spacial score (nSPS) is 11.0. The van der Waals surface area contributed by atoms with Crippen LogP contribution in [0.1, 0.15) is 15.9 Å². The van der Waals surface area contributed by atoms with Crippen molar-refractivity contribution in [1.29, 1.82) is 0 Å². The highest BCUT2D eigenvalue weighted by Crippen LogP contribution is 2.30. The monoisotopic (exact) mass is 450 g/mol. The van der Waals surface area contributed by atoms with Crippen LogP contribution >= 0.6 is 0 Å². The van der Waals surface area contributed by atoms with Gasteiger partial charge in [-0.2, -0.15) is 13.2 Å². The number of halogens is 5. The van der Waals surface area contributed by atoms with Crippen molar-refractivity contribution in [1.82, 2.24) is 0 Å². The molecule has 0 aliphatic carbocycles. The lowest BCUT2D eigenvalue weighted by Gasteiger charge is -2.11. The molecule has 0 saturated carbocycles. The van der Waals surface area contributed by atoms with E-state index in [-0.39, 0.29) is 22.7 Å². The Hall–Kier alpha value is -3.95. The van der Waals surface area contributed by atoms with Crippen LogP contribution in [0.3, 0.4) is 0 Å². The molecule has 166 valence electrons. The van der Waals surface area contributed by atoms with Crippen molar-refractivity contribution in [3.8, 4) is 5.75 Å². The first-order chi connectivity index (χ1) is 15.1. The number of carbonyl (C=O) groups is 2. The molecule has 0 heterocycles. The Balaban J connectivity index is 1.55. The lowest BCUT2D eigenvalue weighted by Crippen LogP contribution is -2.20. The van der Waals surface area contributed by atoms with Crippen LogP contribution in [-0.4, -0.2) is 18.4 Å². The van der Waals surface area contributed by atoms with Crippen molar-refractivity contribution in [2.75, 3.05) is 17.2 Å². The highest BCUT2D eigenvalue weighted by Gasteiger charge is 2.30. The molecule has 0 atom stereocenters. The molecule has 5 nitrogen and oxygen atoms in total. The van der Waals surface area contributed by atoms with Crippen LogP contribution in [0.25, 0.3) is 0 Å². The van der Waals surface area contributed by atoms with Gasteiger partial charge in [-0.05, 0) is 54.6 Å². The number of anilines is 2. The minimum Gasteiger partial charge on any atom is -0.484 e. The predicted octanol–water partition coefficient (Wildman–Crippen LogP) is 5.25. The summed E-state index contributed by atoms with van der Waals surface area (Å²) in [4.78, 5) is 24.1. The maximum Gasteiger partial charge on any atom is 0.416 e. The van der Waals surface area contributed by atoms with Gasteiger partial charge in [-0.25, -0.2) is 8.78 Å². The van der Waals surface area contributed by atoms with Crippen molar-refractivity contribution in [3.05, 3.63) is 89.5 Å². The summed E-state index contributed by atoms with van der Waals surface area (Å²) < 4.78 is 70.2.